The summed E-state index contributed by atoms with van der Waals surface area (Å²) in [7, 11) is -1.85. The van der Waals surface area contributed by atoms with Crippen molar-refractivity contribution >= 4 is 27.3 Å². The molecular formula is C11H13ClN4O2S. The number of nitrogens with two attached hydrogens (primary N) is 1. The summed E-state index contributed by atoms with van der Waals surface area (Å²) in [6.45, 7) is 0.105. The van der Waals surface area contributed by atoms with Crippen molar-refractivity contribution in [2.24, 2.45) is 7.05 Å². The molecule has 0 radical (unpaired) electrons. The molecule has 0 aliphatic heterocycles. The Morgan fingerprint density at radius 1 is 1.47 bits per heavy atom. The van der Waals surface area contributed by atoms with E-state index in [0.29, 0.717) is 11.5 Å². The molecule has 0 aliphatic rings. The molecule has 2 rings (SSSR count). The summed E-state index contributed by atoms with van der Waals surface area (Å²) in [5.41, 5.74) is 5.88. The van der Waals surface area contributed by atoms with Crippen molar-refractivity contribution in [1.29, 1.82) is 0 Å². The summed E-state index contributed by atoms with van der Waals surface area (Å²) < 4.78 is 28.3. The van der Waals surface area contributed by atoms with Gasteiger partial charge in [-0.1, -0.05) is 11.6 Å². The lowest BCUT2D eigenvalue weighted by molar-refractivity contribution is 0.577. The van der Waals surface area contributed by atoms with Crippen LogP contribution in [0.15, 0.2) is 35.5 Å². The number of benzene rings is 1. The Labute approximate surface area is 116 Å². The van der Waals surface area contributed by atoms with E-state index in [1.54, 1.807) is 24.0 Å². The van der Waals surface area contributed by atoms with Gasteiger partial charge in [0.1, 0.15) is 5.82 Å². The van der Waals surface area contributed by atoms with Crippen LogP contribution in [0.25, 0.3) is 0 Å². The number of aromatic nitrogens is 2. The lowest BCUT2D eigenvalue weighted by Gasteiger charge is -2.08. The van der Waals surface area contributed by atoms with Gasteiger partial charge in [0.25, 0.3) is 0 Å². The summed E-state index contributed by atoms with van der Waals surface area (Å²) >= 11 is 5.81. The monoisotopic (exact) mass is 300 g/mol. The molecule has 0 aliphatic carbocycles. The molecule has 102 valence electrons. The third-order valence-corrected chi connectivity index (χ3v) is 4.35. The quantitative estimate of drug-likeness (QED) is 0.828. The Balaban J connectivity index is 2.18. The molecule has 0 atom stereocenters. The number of imidazole rings is 1. The van der Waals surface area contributed by atoms with E-state index in [1.807, 2.05) is 0 Å². The zero-order chi connectivity index (χ0) is 14.0. The minimum atomic E-state index is -3.64. The van der Waals surface area contributed by atoms with Crippen molar-refractivity contribution in [3.8, 4) is 0 Å². The van der Waals surface area contributed by atoms with E-state index < -0.39 is 10.0 Å². The average Bonchev–Trinajstić information content (AvgIpc) is 2.76. The average molecular weight is 301 g/mol. The molecular weight excluding hydrogens is 288 g/mol. The number of nitrogens with one attached hydrogen (secondary N) is 1. The van der Waals surface area contributed by atoms with Crippen LogP contribution in [0.2, 0.25) is 5.02 Å². The van der Waals surface area contributed by atoms with Crippen molar-refractivity contribution < 1.29 is 8.42 Å². The van der Waals surface area contributed by atoms with E-state index in [2.05, 4.69) is 9.71 Å². The molecule has 2 aromatic rings. The van der Waals surface area contributed by atoms with Gasteiger partial charge in [0.15, 0.2) is 0 Å². The van der Waals surface area contributed by atoms with Gasteiger partial charge in [-0.15, -0.1) is 0 Å². The first-order chi connectivity index (χ1) is 8.90. The lowest BCUT2D eigenvalue weighted by atomic mass is 10.3. The van der Waals surface area contributed by atoms with Gasteiger partial charge in [0, 0.05) is 19.4 Å². The van der Waals surface area contributed by atoms with Crippen molar-refractivity contribution in [2.75, 3.05) is 5.73 Å². The van der Waals surface area contributed by atoms with Gasteiger partial charge >= 0.3 is 0 Å². The number of hydrogen-bond acceptors (Lipinski definition) is 4. The normalized spacial score (nSPS) is 11.7. The third-order valence-electron chi connectivity index (χ3n) is 2.62. The van der Waals surface area contributed by atoms with E-state index in [0.717, 1.165) is 0 Å². The van der Waals surface area contributed by atoms with Gasteiger partial charge in [-0.25, -0.2) is 18.1 Å². The molecule has 19 heavy (non-hydrogen) atoms. The number of anilines is 1. The Hall–Kier alpha value is -1.57. The molecule has 0 bridgehead atoms. The summed E-state index contributed by atoms with van der Waals surface area (Å²) in [6, 6.07) is 4.18. The Morgan fingerprint density at radius 3 is 2.79 bits per heavy atom. The maximum Gasteiger partial charge on any atom is 0.241 e. The first-order valence-corrected chi connectivity index (χ1v) is 7.27. The minimum Gasteiger partial charge on any atom is -0.398 e. The van der Waals surface area contributed by atoms with Crippen molar-refractivity contribution in [3.63, 3.8) is 0 Å². The number of sulfonamides is 1. The van der Waals surface area contributed by atoms with E-state index in [4.69, 9.17) is 17.3 Å². The fourth-order valence-electron chi connectivity index (χ4n) is 1.48. The number of halogens is 1. The molecule has 0 saturated carbocycles. The van der Waals surface area contributed by atoms with Crippen LogP contribution in [0.3, 0.4) is 0 Å². The molecule has 0 unspecified atom stereocenters. The Bertz CT molecular complexity index is 696. The Kier molecular flexibility index (Phi) is 3.79. The summed E-state index contributed by atoms with van der Waals surface area (Å²) in [5.74, 6) is 0.616. The van der Waals surface area contributed by atoms with Gasteiger partial charge in [-0.2, -0.15) is 0 Å². The van der Waals surface area contributed by atoms with Gasteiger partial charge in [-0.05, 0) is 18.2 Å². The predicted molar refractivity (Wildman–Crippen MR) is 73.1 cm³/mol. The number of aryl methyl sites for hydroxylation is 1. The highest BCUT2D eigenvalue weighted by atomic mass is 35.5. The van der Waals surface area contributed by atoms with Crippen molar-refractivity contribution in [2.45, 2.75) is 11.4 Å². The van der Waals surface area contributed by atoms with E-state index >= 15 is 0 Å². The first-order valence-electron chi connectivity index (χ1n) is 5.41. The zero-order valence-electron chi connectivity index (χ0n) is 10.2. The molecule has 0 spiro atoms. The molecule has 1 aromatic carbocycles. The largest absolute Gasteiger partial charge is 0.398 e. The van der Waals surface area contributed by atoms with Crippen LogP contribution in [0.4, 0.5) is 5.69 Å². The highest BCUT2D eigenvalue weighted by Gasteiger charge is 2.15. The number of hydrogen-bond donors (Lipinski definition) is 2. The fraction of sp³-hybridized carbons (Fsp3) is 0.182. The molecule has 0 amide bonds. The molecule has 0 saturated heterocycles. The van der Waals surface area contributed by atoms with Crippen LogP contribution < -0.4 is 10.5 Å². The molecule has 3 N–H and O–H groups in total. The van der Waals surface area contributed by atoms with Crippen LogP contribution in [0, 0.1) is 0 Å². The minimum absolute atomic E-state index is 0.0703. The molecule has 6 nitrogen and oxygen atoms in total. The fourth-order valence-corrected chi connectivity index (χ4v) is 2.74. The lowest BCUT2D eigenvalue weighted by Crippen LogP contribution is -2.24. The van der Waals surface area contributed by atoms with Crippen molar-refractivity contribution in [3.05, 3.63) is 41.4 Å². The topological polar surface area (TPSA) is 90.0 Å². The molecule has 8 heteroatoms. The highest BCUT2D eigenvalue weighted by molar-refractivity contribution is 7.89. The maximum absolute atomic E-state index is 12.1. The van der Waals surface area contributed by atoms with Gasteiger partial charge < -0.3 is 10.3 Å². The SMILES string of the molecule is Cn1ccnc1CNS(=O)(=O)c1ccc(N)c(Cl)c1. The first kappa shape index (κ1) is 13.9. The smallest absolute Gasteiger partial charge is 0.241 e. The summed E-state index contributed by atoms with van der Waals surface area (Å²) in [6.07, 6.45) is 3.34. The second kappa shape index (κ2) is 5.20. The maximum atomic E-state index is 12.1. The second-order valence-corrected chi connectivity index (χ2v) is 6.14. The standard InChI is InChI=1S/C11H13ClN4O2S/c1-16-5-4-14-11(16)7-15-19(17,18)8-2-3-10(13)9(12)6-8/h2-6,15H,7,13H2,1H3. The van der Waals surface area contributed by atoms with E-state index in [9.17, 15) is 8.42 Å². The molecule has 0 fully saturated rings. The van der Waals surface area contributed by atoms with Crippen LogP contribution in [-0.4, -0.2) is 18.0 Å². The summed E-state index contributed by atoms with van der Waals surface area (Å²) in [4.78, 5) is 4.10. The summed E-state index contributed by atoms with van der Waals surface area (Å²) in [5, 5.41) is 0.208. The predicted octanol–water partition coefficient (Wildman–Crippen LogP) is 1.13. The number of rotatable bonds is 4. The highest BCUT2D eigenvalue weighted by Crippen LogP contribution is 2.22. The van der Waals surface area contributed by atoms with Crippen molar-refractivity contribution in [1.82, 2.24) is 14.3 Å². The third kappa shape index (κ3) is 3.06. The van der Waals surface area contributed by atoms with Crippen LogP contribution >= 0.6 is 11.6 Å². The van der Waals surface area contributed by atoms with Crippen LogP contribution in [-0.2, 0) is 23.6 Å². The van der Waals surface area contributed by atoms with Crippen LogP contribution in [0.5, 0.6) is 0 Å². The van der Waals surface area contributed by atoms with E-state index in [-0.39, 0.29) is 16.5 Å². The number of nitrogens with zero attached hydrogens (tertiary/aromatic N) is 2. The Morgan fingerprint density at radius 2 is 2.21 bits per heavy atom. The van der Waals surface area contributed by atoms with Gasteiger partial charge in [-0.3, -0.25) is 0 Å². The zero-order valence-corrected chi connectivity index (χ0v) is 11.7. The van der Waals surface area contributed by atoms with E-state index in [1.165, 1.54) is 18.2 Å². The van der Waals surface area contributed by atoms with Crippen LogP contribution in [0.1, 0.15) is 5.82 Å². The molecule has 1 aromatic heterocycles. The van der Waals surface area contributed by atoms with Gasteiger partial charge in [0.2, 0.25) is 10.0 Å². The van der Waals surface area contributed by atoms with Gasteiger partial charge in [0.05, 0.1) is 22.2 Å². The second-order valence-electron chi connectivity index (χ2n) is 3.96. The number of nitrogen functional groups attached to an aromatic ring is 1. The molecule has 1 heterocycles.